The van der Waals surface area contributed by atoms with Gasteiger partial charge in [-0.15, -0.1) is 0 Å². The highest BCUT2D eigenvalue weighted by molar-refractivity contribution is 6.62. The third kappa shape index (κ3) is 2.85. The van der Waals surface area contributed by atoms with Crippen LogP contribution in [0, 0.1) is 6.92 Å². The first kappa shape index (κ1) is 15.4. The molecule has 1 aromatic rings. The van der Waals surface area contributed by atoms with Gasteiger partial charge in [-0.05, 0) is 51.7 Å². The van der Waals surface area contributed by atoms with Gasteiger partial charge in [-0.2, -0.15) is 0 Å². The van der Waals surface area contributed by atoms with Crippen molar-refractivity contribution in [1.82, 2.24) is 0 Å². The largest absolute Gasteiger partial charge is 0.494 e. The number of aliphatic hydroxyl groups is 1. The zero-order chi connectivity index (χ0) is 15.0. The lowest BCUT2D eigenvalue weighted by Crippen LogP contribution is -2.41. The molecule has 0 amide bonds. The summed E-state index contributed by atoms with van der Waals surface area (Å²) in [5, 5.41) is 8.80. The van der Waals surface area contributed by atoms with Crippen LogP contribution in [0.25, 0.3) is 0 Å². The fourth-order valence-corrected chi connectivity index (χ4v) is 2.12. The summed E-state index contributed by atoms with van der Waals surface area (Å²) in [6, 6.07) is 5.85. The molecule has 1 aliphatic rings. The van der Waals surface area contributed by atoms with Gasteiger partial charge < -0.3 is 19.2 Å². The second-order valence-electron chi connectivity index (χ2n) is 6.19. The monoisotopic (exact) mass is 278 g/mol. The standard InChI is InChI=1S/C15H23BO4/c1-11-10-12(6-7-13(11)18-9-8-17)16-19-14(2,3)15(4,5)20-16/h6-7,10,17H,8-9H2,1-5H3. The maximum Gasteiger partial charge on any atom is 0.494 e. The number of hydrogen-bond donors (Lipinski definition) is 1. The number of rotatable bonds is 4. The predicted octanol–water partition coefficient (Wildman–Crippen LogP) is 1.67. The summed E-state index contributed by atoms with van der Waals surface area (Å²) >= 11 is 0. The molecule has 20 heavy (non-hydrogen) atoms. The van der Waals surface area contributed by atoms with Crippen molar-refractivity contribution in [2.45, 2.75) is 45.8 Å². The summed E-state index contributed by atoms with van der Waals surface area (Å²) in [6.07, 6.45) is 0. The van der Waals surface area contributed by atoms with E-state index >= 15 is 0 Å². The first-order chi connectivity index (χ1) is 9.27. The van der Waals surface area contributed by atoms with E-state index < -0.39 is 0 Å². The third-order valence-corrected chi connectivity index (χ3v) is 4.07. The fourth-order valence-electron chi connectivity index (χ4n) is 2.12. The molecular formula is C15H23BO4. The normalized spacial score (nSPS) is 20.2. The molecule has 1 fully saturated rings. The van der Waals surface area contributed by atoms with E-state index in [1.807, 2.05) is 52.8 Å². The maximum atomic E-state index is 8.80. The van der Waals surface area contributed by atoms with Crippen LogP contribution in [0.4, 0.5) is 0 Å². The molecule has 1 saturated heterocycles. The van der Waals surface area contributed by atoms with E-state index in [1.54, 1.807) is 0 Å². The number of hydrogen-bond acceptors (Lipinski definition) is 4. The van der Waals surface area contributed by atoms with E-state index in [-0.39, 0.29) is 24.9 Å². The summed E-state index contributed by atoms with van der Waals surface area (Å²) in [5.41, 5.74) is 1.32. The summed E-state index contributed by atoms with van der Waals surface area (Å²) in [6.45, 7) is 10.4. The van der Waals surface area contributed by atoms with Crippen LogP contribution >= 0.6 is 0 Å². The van der Waals surface area contributed by atoms with Crippen molar-refractivity contribution < 1.29 is 19.2 Å². The van der Waals surface area contributed by atoms with Crippen molar-refractivity contribution in [3.63, 3.8) is 0 Å². The van der Waals surface area contributed by atoms with Crippen molar-refractivity contribution in [1.29, 1.82) is 0 Å². The Kier molecular flexibility index (Phi) is 4.14. The Morgan fingerprint density at radius 1 is 1.15 bits per heavy atom. The minimum Gasteiger partial charge on any atom is -0.491 e. The van der Waals surface area contributed by atoms with Gasteiger partial charge in [0.05, 0.1) is 17.8 Å². The fraction of sp³-hybridized carbons (Fsp3) is 0.600. The Morgan fingerprint density at radius 2 is 1.75 bits per heavy atom. The molecule has 0 spiro atoms. The average molecular weight is 278 g/mol. The molecule has 0 saturated carbocycles. The first-order valence-corrected chi connectivity index (χ1v) is 6.97. The number of aliphatic hydroxyl groups excluding tert-OH is 1. The Morgan fingerprint density at radius 3 is 2.25 bits per heavy atom. The highest BCUT2D eigenvalue weighted by Crippen LogP contribution is 2.36. The van der Waals surface area contributed by atoms with Crippen LogP contribution in [0.5, 0.6) is 5.75 Å². The zero-order valence-corrected chi connectivity index (χ0v) is 12.9. The molecule has 110 valence electrons. The second-order valence-corrected chi connectivity index (χ2v) is 6.19. The number of ether oxygens (including phenoxy) is 1. The van der Waals surface area contributed by atoms with E-state index in [0.29, 0.717) is 6.61 Å². The Bertz CT molecular complexity index is 469. The van der Waals surface area contributed by atoms with Crippen LogP contribution in [0.3, 0.4) is 0 Å². The van der Waals surface area contributed by atoms with Gasteiger partial charge in [0.1, 0.15) is 12.4 Å². The minimum absolute atomic E-state index is 0.0123. The van der Waals surface area contributed by atoms with Gasteiger partial charge in [0.15, 0.2) is 0 Å². The van der Waals surface area contributed by atoms with E-state index in [0.717, 1.165) is 16.8 Å². The molecule has 1 aliphatic heterocycles. The Hall–Kier alpha value is -1.04. The predicted molar refractivity (Wildman–Crippen MR) is 79.5 cm³/mol. The molecule has 0 atom stereocenters. The van der Waals surface area contributed by atoms with Gasteiger partial charge in [-0.3, -0.25) is 0 Å². The molecule has 0 aromatic heterocycles. The lowest BCUT2D eigenvalue weighted by molar-refractivity contribution is 0.00578. The van der Waals surface area contributed by atoms with E-state index in [4.69, 9.17) is 19.2 Å². The molecular weight excluding hydrogens is 255 g/mol. The van der Waals surface area contributed by atoms with Gasteiger partial charge in [-0.25, -0.2) is 0 Å². The second kappa shape index (κ2) is 5.39. The van der Waals surface area contributed by atoms with Crippen molar-refractivity contribution in [3.8, 4) is 5.75 Å². The molecule has 0 unspecified atom stereocenters. The highest BCUT2D eigenvalue weighted by atomic mass is 16.7. The molecule has 0 bridgehead atoms. The van der Waals surface area contributed by atoms with Gasteiger partial charge in [0.25, 0.3) is 0 Å². The molecule has 5 heteroatoms. The molecule has 1 heterocycles. The number of benzene rings is 1. The molecule has 0 aliphatic carbocycles. The lowest BCUT2D eigenvalue weighted by Gasteiger charge is -2.32. The van der Waals surface area contributed by atoms with Gasteiger partial charge in [0.2, 0.25) is 0 Å². The molecule has 1 N–H and O–H groups in total. The minimum atomic E-state index is -0.356. The molecule has 0 radical (unpaired) electrons. The van der Waals surface area contributed by atoms with E-state index in [2.05, 4.69) is 0 Å². The van der Waals surface area contributed by atoms with E-state index in [1.165, 1.54) is 0 Å². The van der Waals surface area contributed by atoms with E-state index in [9.17, 15) is 0 Å². The topological polar surface area (TPSA) is 47.9 Å². The quantitative estimate of drug-likeness (QED) is 0.851. The SMILES string of the molecule is Cc1cc(B2OC(C)(C)C(C)(C)O2)ccc1OCCO. The van der Waals surface area contributed by atoms with Crippen LogP contribution in [-0.4, -0.2) is 36.6 Å². The lowest BCUT2D eigenvalue weighted by atomic mass is 9.78. The van der Waals surface area contributed by atoms with Crippen LogP contribution in [0.1, 0.15) is 33.3 Å². The van der Waals surface area contributed by atoms with Crippen molar-refractivity contribution in [2.75, 3.05) is 13.2 Å². The highest BCUT2D eigenvalue weighted by Gasteiger charge is 2.51. The van der Waals surface area contributed by atoms with Crippen LogP contribution in [0.15, 0.2) is 18.2 Å². The van der Waals surface area contributed by atoms with Crippen molar-refractivity contribution in [2.24, 2.45) is 0 Å². The molecule has 1 aromatic carbocycles. The van der Waals surface area contributed by atoms with Crippen LogP contribution in [-0.2, 0) is 9.31 Å². The smallest absolute Gasteiger partial charge is 0.491 e. The van der Waals surface area contributed by atoms with Gasteiger partial charge in [-0.1, -0.05) is 12.1 Å². The Labute approximate surface area is 121 Å². The third-order valence-electron chi connectivity index (χ3n) is 4.07. The average Bonchev–Trinajstić information content (AvgIpc) is 2.57. The molecule has 2 rings (SSSR count). The summed E-state index contributed by atoms with van der Waals surface area (Å²) in [4.78, 5) is 0. The van der Waals surface area contributed by atoms with Crippen LogP contribution in [0.2, 0.25) is 0 Å². The number of aryl methyl sites for hydroxylation is 1. The molecule has 4 nitrogen and oxygen atoms in total. The summed E-state index contributed by atoms with van der Waals surface area (Å²) < 4.78 is 17.5. The van der Waals surface area contributed by atoms with Gasteiger partial charge >= 0.3 is 7.12 Å². The first-order valence-electron chi connectivity index (χ1n) is 6.97. The van der Waals surface area contributed by atoms with Crippen LogP contribution < -0.4 is 10.2 Å². The Balaban J connectivity index is 2.17. The summed E-state index contributed by atoms with van der Waals surface area (Å²) in [5.74, 6) is 0.777. The van der Waals surface area contributed by atoms with Gasteiger partial charge in [0, 0.05) is 0 Å². The van der Waals surface area contributed by atoms with Crippen molar-refractivity contribution in [3.05, 3.63) is 23.8 Å². The maximum absolute atomic E-state index is 8.80. The zero-order valence-electron chi connectivity index (χ0n) is 12.9. The van der Waals surface area contributed by atoms with Crippen molar-refractivity contribution >= 4 is 12.6 Å². The summed E-state index contributed by atoms with van der Waals surface area (Å²) in [7, 11) is -0.356.